The van der Waals surface area contributed by atoms with E-state index in [9.17, 15) is 26.7 Å². The van der Waals surface area contributed by atoms with E-state index in [1.165, 1.54) is 19.1 Å². The maximum atomic E-state index is 12.4. The zero-order valence-electron chi connectivity index (χ0n) is 11.0. The van der Waals surface area contributed by atoms with E-state index in [2.05, 4.69) is 4.18 Å². The Morgan fingerprint density at radius 2 is 1.57 bits per heavy atom. The predicted molar refractivity (Wildman–Crippen MR) is 70.7 cm³/mol. The van der Waals surface area contributed by atoms with Gasteiger partial charge in [-0.2, -0.15) is 21.6 Å². The third-order valence-corrected chi connectivity index (χ3v) is 4.14. The SMILES string of the molecule is Cc1c(O)c(OS(=O)(=O)C(F)(F)F)c2ccccc2c1C. The Kier molecular flexibility index (Phi) is 3.53. The third-order valence-electron chi connectivity index (χ3n) is 3.18. The topological polar surface area (TPSA) is 63.6 Å². The number of halogens is 3. The van der Waals surface area contributed by atoms with E-state index in [4.69, 9.17) is 0 Å². The lowest BCUT2D eigenvalue weighted by Crippen LogP contribution is -2.28. The fourth-order valence-corrected chi connectivity index (χ4v) is 2.41. The molecule has 0 aromatic heterocycles. The van der Waals surface area contributed by atoms with Crippen LogP contribution in [0.2, 0.25) is 0 Å². The second-order valence-corrected chi connectivity index (χ2v) is 5.99. The number of aryl methyl sites for hydroxylation is 1. The molecule has 0 atom stereocenters. The molecule has 0 fully saturated rings. The second kappa shape index (κ2) is 4.80. The summed E-state index contributed by atoms with van der Waals surface area (Å²) in [6, 6.07) is 6.13. The van der Waals surface area contributed by atoms with Crippen molar-refractivity contribution >= 4 is 20.9 Å². The number of hydrogen-bond acceptors (Lipinski definition) is 4. The van der Waals surface area contributed by atoms with Crippen LogP contribution in [0, 0.1) is 13.8 Å². The van der Waals surface area contributed by atoms with Crippen molar-refractivity contribution in [3.63, 3.8) is 0 Å². The van der Waals surface area contributed by atoms with Gasteiger partial charge >= 0.3 is 15.6 Å². The van der Waals surface area contributed by atoms with Gasteiger partial charge in [0.25, 0.3) is 0 Å². The van der Waals surface area contributed by atoms with Crippen LogP contribution in [0.3, 0.4) is 0 Å². The number of phenols is 1. The van der Waals surface area contributed by atoms with Crippen LogP contribution in [0.25, 0.3) is 10.8 Å². The average Bonchev–Trinajstić information content (AvgIpc) is 2.40. The Morgan fingerprint density at radius 3 is 2.10 bits per heavy atom. The minimum absolute atomic E-state index is 0.0888. The summed E-state index contributed by atoms with van der Waals surface area (Å²) in [5.41, 5.74) is -4.69. The van der Waals surface area contributed by atoms with E-state index in [-0.39, 0.29) is 10.9 Å². The molecule has 0 aliphatic carbocycles. The van der Waals surface area contributed by atoms with Crippen LogP contribution >= 0.6 is 0 Å². The first-order valence-electron chi connectivity index (χ1n) is 5.78. The molecule has 4 nitrogen and oxygen atoms in total. The van der Waals surface area contributed by atoms with Crippen LogP contribution in [0.5, 0.6) is 11.5 Å². The predicted octanol–water partition coefficient (Wildman–Crippen LogP) is 3.39. The van der Waals surface area contributed by atoms with Gasteiger partial charge in [-0.05, 0) is 30.4 Å². The number of alkyl halides is 3. The van der Waals surface area contributed by atoms with Gasteiger partial charge < -0.3 is 9.29 Å². The van der Waals surface area contributed by atoms with Crippen LogP contribution in [0.1, 0.15) is 11.1 Å². The van der Waals surface area contributed by atoms with Crippen molar-refractivity contribution in [1.82, 2.24) is 0 Å². The summed E-state index contributed by atoms with van der Waals surface area (Å²) < 4.78 is 63.8. The largest absolute Gasteiger partial charge is 0.534 e. The summed E-state index contributed by atoms with van der Waals surface area (Å²) in [7, 11) is -5.85. The molecule has 2 rings (SSSR count). The minimum atomic E-state index is -5.85. The number of fused-ring (bicyclic) bond motifs is 1. The van der Waals surface area contributed by atoms with Crippen LogP contribution in [0.15, 0.2) is 24.3 Å². The van der Waals surface area contributed by atoms with E-state index in [1.54, 1.807) is 19.1 Å². The molecule has 8 heteroatoms. The number of phenolic OH excluding ortho intramolecular Hbond substituents is 1. The van der Waals surface area contributed by atoms with E-state index in [1.807, 2.05) is 0 Å². The molecule has 2 aromatic carbocycles. The zero-order valence-corrected chi connectivity index (χ0v) is 11.8. The van der Waals surface area contributed by atoms with Gasteiger partial charge in [-0.15, -0.1) is 0 Å². The molecule has 0 saturated carbocycles. The van der Waals surface area contributed by atoms with Crippen molar-refractivity contribution in [3.8, 4) is 11.5 Å². The van der Waals surface area contributed by atoms with Gasteiger partial charge in [-0.25, -0.2) is 0 Å². The lowest BCUT2D eigenvalue weighted by Gasteiger charge is -2.16. The highest BCUT2D eigenvalue weighted by Crippen LogP contribution is 2.42. The van der Waals surface area contributed by atoms with Gasteiger partial charge in [-0.3, -0.25) is 0 Å². The molecule has 0 heterocycles. The van der Waals surface area contributed by atoms with Gasteiger partial charge in [-0.1, -0.05) is 24.3 Å². The van der Waals surface area contributed by atoms with Gasteiger partial charge in [0.15, 0.2) is 11.5 Å². The molecule has 1 N–H and O–H groups in total. The van der Waals surface area contributed by atoms with E-state index in [0.717, 1.165) is 0 Å². The molecule has 0 unspecified atom stereocenters. The fraction of sp³-hybridized carbons (Fsp3) is 0.231. The maximum absolute atomic E-state index is 12.4. The lowest BCUT2D eigenvalue weighted by atomic mass is 9.99. The summed E-state index contributed by atoms with van der Waals surface area (Å²) >= 11 is 0. The van der Waals surface area contributed by atoms with Crippen LogP contribution < -0.4 is 4.18 Å². The Balaban J connectivity index is 2.76. The summed E-state index contributed by atoms with van der Waals surface area (Å²) in [6.07, 6.45) is 0. The van der Waals surface area contributed by atoms with Gasteiger partial charge in [0, 0.05) is 5.39 Å². The Labute approximate surface area is 118 Å². The van der Waals surface area contributed by atoms with Crippen molar-refractivity contribution in [2.75, 3.05) is 0 Å². The highest BCUT2D eigenvalue weighted by Gasteiger charge is 2.49. The van der Waals surface area contributed by atoms with Crippen molar-refractivity contribution < 1.29 is 30.9 Å². The number of benzene rings is 2. The molecule has 21 heavy (non-hydrogen) atoms. The maximum Gasteiger partial charge on any atom is 0.534 e. The fourth-order valence-electron chi connectivity index (χ4n) is 1.93. The molecule has 0 spiro atoms. The van der Waals surface area contributed by atoms with E-state index < -0.39 is 27.1 Å². The monoisotopic (exact) mass is 320 g/mol. The summed E-state index contributed by atoms with van der Waals surface area (Å²) in [6.45, 7) is 3.13. The summed E-state index contributed by atoms with van der Waals surface area (Å²) in [5.74, 6) is -1.34. The molecular weight excluding hydrogens is 309 g/mol. The Morgan fingerprint density at radius 1 is 1.05 bits per heavy atom. The standard InChI is InChI=1S/C13H11F3O4S/c1-7-8(2)11(17)12(10-6-4-3-5-9(7)10)20-21(18,19)13(14,15)16/h3-6,17H,1-2H3. The lowest BCUT2D eigenvalue weighted by molar-refractivity contribution is -0.0500. The molecule has 0 aliphatic heterocycles. The van der Waals surface area contributed by atoms with Crippen molar-refractivity contribution in [3.05, 3.63) is 35.4 Å². The minimum Gasteiger partial charge on any atom is -0.504 e. The Hall–Kier alpha value is -1.96. The molecule has 0 bridgehead atoms. The Bertz CT molecular complexity index is 810. The molecule has 2 aromatic rings. The third kappa shape index (κ3) is 2.51. The number of hydrogen-bond donors (Lipinski definition) is 1. The van der Waals surface area contributed by atoms with Crippen molar-refractivity contribution in [1.29, 1.82) is 0 Å². The van der Waals surface area contributed by atoms with E-state index >= 15 is 0 Å². The molecule has 0 aliphatic rings. The van der Waals surface area contributed by atoms with Gasteiger partial charge in [0.2, 0.25) is 0 Å². The summed E-state index contributed by atoms with van der Waals surface area (Å²) in [4.78, 5) is 0. The molecule has 0 radical (unpaired) electrons. The van der Waals surface area contributed by atoms with Crippen molar-refractivity contribution in [2.24, 2.45) is 0 Å². The second-order valence-electron chi connectivity index (χ2n) is 4.46. The average molecular weight is 320 g/mol. The molecular formula is C13H11F3O4S. The molecule has 114 valence electrons. The number of rotatable bonds is 2. The van der Waals surface area contributed by atoms with E-state index in [0.29, 0.717) is 10.9 Å². The van der Waals surface area contributed by atoms with Crippen LogP contribution in [0.4, 0.5) is 13.2 Å². The first kappa shape index (κ1) is 15.4. The normalized spacial score (nSPS) is 12.6. The highest BCUT2D eigenvalue weighted by atomic mass is 32.2. The van der Waals surface area contributed by atoms with Gasteiger partial charge in [0.05, 0.1) is 0 Å². The van der Waals surface area contributed by atoms with Gasteiger partial charge in [0.1, 0.15) is 0 Å². The zero-order chi connectivity index (χ0) is 16.0. The van der Waals surface area contributed by atoms with Crippen molar-refractivity contribution in [2.45, 2.75) is 19.4 Å². The van der Waals surface area contributed by atoms with Crippen LogP contribution in [-0.2, 0) is 10.1 Å². The molecule has 0 amide bonds. The number of aromatic hydroxyl groups is 1. The summed E-state index contributed by atoms with van der Waals surface area (Å²) in [5, 5.41) is 10.5. The first-order chi connectivity index (χ1) is 9.56. The molecule has 0 saturated heterocycles. The smallest absolute Gasteiger partial charge is 0.504 e. The highest BCUT2D eigenvalue weighted by molar-refractivity contribution is 7.88. The first-order valence-corrected chi connectivity index (χ1v) is 7.18. The quantitative estimate of drug-likeness (QED) is 0.680. The van der Waals surface area contributed by atoms with Crippen LogP contribution in [-0.4, -0.2) is 19.0 Å².